The zero-order chi connectivity index (χ0) is 23.1. The molecule has 162 valence electrons. The number of carboxylic acids is 1. The molecule has 0 atom stereocenters. The third kappa shape index (κ3) is 6.30. The normalized spacial score (nSPS) is 11.7. The summed E-state index contributed by atoms with van der Waals surface area (Å²) in [5.41, 5.74) is 3.96. The van der Waals surface area contributed by atoms with Crippen molar-refractivity contribution in [2.75, 3.05) is 5.73 Å². The molecule has 16 heteroatoms. The van der Waals surface area contributed by atoms with Crippen molar-refractivity contribution in [2.45, 2.75) is 9.79 Å². The molecule has 0 aromatic heterocycles. The first-order valence-corrected chi connectivity index (χ1v) is 10.9. The van der Waals surface area contributed by atoms with Crippen molar-refractivity contribution in [1.82, 2.24) is 0 Å². The van der Waals surface area contributed by atoms with Crippen LogP contribution in [0.25, 0.3) is 10.8 Å². The number of phenolic OH excluding ortho intramolecular Hbond substituents is 1. The molecular weight excluding hydrogens is 500 g/mol. The Morgan fingerprint density at radius 3 is 2.09 bits per heavy atom. The predicted octanol–water partition coefficient (Wildman–Crippen LogP) is -3.94. The number of hydrogen-bond donors (Lipinski definition) is 3. The monoisotopic (exact) mass is 511 g/mol. The van der Waals surface area contributed by atoms with Crippen LogP contribution in [0.1, 0.15) is 10.4 Å². The van der Waals surface area contributed by atoms with Crippen LogP contribution in [-0.4, -0.2) is 42.1 Å². The molecule has 12 nitrogen and oxygen atoms in total. The van der Waals surface area contributed by atoms with Crippen LogP contribution in [-0.2, 0) is 20.2 Å². The molecule has 0 amide bonds. The first-order chi connectivity index (χ1) is 14.3. The summed E-state index contributed by atoms with van der Waals surface area (Å²) >= 11 is 0. The van der Waals surface area contributed by atoms with E-state index in [2.05, 4.69) is 10.2 Å². The van der Waals surface area contributed by atoms with Gasteiger partial charge in [-0.1, -0.05) is 12.1 Å². The zero-order valence-corrected chi connectivity index (χ0v) is 22.7. The van der Waals surface area contributed by atoms with E-state index in [0.29, 0.717) is 6.07 Å². The summed E-state index contributed by atoms with van der Waals surface area (Å²) in [4.78, 5) is 9.37. The molecular formula is C17H11N3Na2O9S2. The molecule has 3 rings (SSSR count). The minimum Gasteiger partial charge on any atom is -0.744 e. The molecule has 3 aromatic carbocycles. The summed E-state index contributed by atoms with van der Waals surface area (Å²) in [7, 11) is -10.3. The number of phenols is 1. The number of aromatic carboxylic acids is 1. The number of carbonyl (C=O) groups is 1. The van der Waals surface area contributed by atoms with E-state index < -0.39 is 53.1 Å². The largest absolute Gasteiger partial charge is 1.00 e. The van der Waals surface area contributed by atoms with Crippen LogP contribution in [0.5, 0.6) is 5.75 Å². The molecule has 0 radical (unpaired) electrons. The van der Waals surface area contributed by atoms with Crippen molar-refractivity contribution in [2.24, 2.45) is 10.2 Å². The molecule has 0 saturated heterocycles. The summed E-state index contributed by atoms with van der Waals surface area (Å²) in [5.74, 6) is -2.29. The van der Waals surface area contributed by atoms with E-state index in [1.165, 1.54) is 24.3 Å². The fourth-order valence-corrected chi connectivity index (χ4v) is 3.96. The number of benzene rings is 3. The molecule has 0 spiro atoms. The minimum atomic E-state index is -5.29. The smallest absolute Gasteiger partial charge is 0.744 e. The summed E-state index contributed by atoms with van der Waals surface area (Å²) in [6.07, 6.45) is 0. The van der Waals surface area contributed by atoms with E-state index >= 15 is 0 Å². The maximum absolute atomic E-state index is 11.7. The van der Waals surface area contributed by atoms with Gasteiger partial charge in [0, 0.05) is 11.1 Å². The maximum Gasteiger partial charge on any atom is 1.00 e. The molecule has 0 aliphatic carbocycles. The number of nitrogen functional groups attached to an aromatic ring is 1. The van der Waals surface area contributed by atoms with E-state index in [-0.39, 0.29) is 81.1 Å². The van der Waals surface area contributed by atoms with Crippen LogP contribution < -0.4 is 64.8 Å². The Morgan fingerprint density at radius 2 is 1.55 bits per heavy atom. The molecule has 3 aromatic rings. The molecule has 0 unspecified atom stereocenters. The summed E-state index contributed by atoms with van der Waals surface area (Å²) < 4.78 is 69.0. The SMILES string of the molecule is Nc1cc(S(=O)(=O)[O-])cc2cc(S(=O)(=O)[O-])c(N=Nc3ccccc3C(=O)O)c(O)c12.[Na+].[Na+]. The van der Waals surface area contributed by atoms with E-state index in [1.54, 1.807) is 0 Å². The van der Waals surface area contributed by atoms with E-state index in [9.17, 15) is 40.9 Å². The van der Waals surface area contributed by atoms with Crippen LogP contribution in [0.2, 0.25) is 0 Å². The second-order valence-electron chi connectivity index (χ2n) is 6.11. The van der Waals surface area contributed by atoms with Gasteiger partial charge < -0.3 is 25.1 Å². The van der Waals surface area contributed by atoms with Gasteiger partial charge in [-0.3, -0.25) is 0 Å². The van der Waals surface area contributed by atoms with Crippen molar-refractivity contribution in [3.05, 3.63) is 48.0 Å². The molecule has 4 N–H and O–H groups in total. The Kier molecular flexibility index (Phi) is 9.61. The second-order valence-corrected chi connectivity index (χ2v) is 8.84. The summed E-state index contributed by atoms with van der Waals surface area (Å²) in [5, 5.41) is 26.3. The molecule has 0 aliphatic rings. The van der Waals surface area contributed by atoms with Gasteiger partial charge in [-0.2, -0.15) is 0 Å². The number of carboxylic acid groups (broad SMARTS) is 1. The Hall–Kier alpha value is -1.59. The number of aromatic hydroxyl groups is 1. The third-order valence-corrected chi connectivity index (χ3v) is 5.77. The first-order valence-electron chi connectivity index (χ1n) is 8.05. The molecule has 0 bridgehead atoms. The minimum absolute atomic E-state index is 0. The molecule has 33 heavy (non-hydrogen) atoms. The van der Waals surface area contributed by atoms with E-state index in [0.717, 1.165) is 12.1 Å². The topological polar surface area (TPSA) is 223 Å². The van der Waals surface area contributed by atoms with Crippen LogP contribution >= 0.6 is 0 Å². The van der Waals surface area contributed by atoms with Gasteiger partial charge in [0.1, 0.15) is 31.6 Å². The third-order valence-electron chi connectivity index (χ3n) is 4.10. The van der Waals surface area contributed by atoms with Gasteiger partial charge in [0.05, 0.1) is 15.4 Å². The van der Waals surface area contributed by atoms with Crippen LogP contribution in [0, 0.1) is 0 Å². The average molecular weight is 511 g/mol. The predicted molar refractivity (Wildman–Crippen MR) is 104 cm³/mol. The number of anilines is 1. The zero-order valence-electron chi connectivity index (χ0n) is 17.1. The van der Waals surface area contributed by atoms with Gasteiger partial charge in [0.2, 0.25) is 0 Å². The van der Waals surface area contributed by atoms with Crippen molar-refractivity contribution in [3.8, 4) is 5.75 Å². The van der Waals surface area contributed by atoms with E-state index in [4.69, 9.17) is 5.73 Å². The number of azo groups is 1. The van der Waals surface area contributed by atoms with Gasteiger partial charge in [0.15, 0.2) is 5.75 Å². The molecule has 0 heterocycles. The average Bonchev–Trinajstić information content (AvgIpc) is 2.65. The van der Waals surface area contributed by atoms with E-state index in [1.807, 2.05) is 0 Å². The fourth-order valence-electron chi connectivity index (χ4n) is 2.77. The Labute approximate surface area is 231 Å². The van der Waals surface area contributed by atoms with Crippen molar-refractivity contribution in [3.63, 3.8) is 0 Å². The van der Waals surface area contributed by atoms with Gasteiger partial charge in [-0.05, 0) is 35.7 Å². The van der Waals surface area contributed by atoms with Gasteiger partial charge in [-0.15, -0.1) is 10.2 Å². The number of hydrogen-bond acceptors (Lipinski definition) is 11. The van der Waals surface area contributed by atoms with Gasteiger partial charge in [0.25, 0.3) is 0 Å². The van der Waals surface area contributed by atoms with Crippen LogP contribution in [0.3, 0.4) is 0 Å². The van der Waals surface area contributed by atoms with Gasteiger partial charge >= 0.3 is 65.1 Å². The van der Waals surface area contributed by atoms with Gasteiger partial charge in [-0.25, -0.2) is 21.6 Å². The quantitative estimate of drug-likeness (QED) is 0.130. The Balaban J connectivity index is 0.00000272. The van der Waals surface area contributed by atoms with Crippen molar-refractivity contribution < 1.29 is 100 Å². The van der Waals surface area contributed by atoms with Crippen LogP contribution in [0.15, 0.2) is 62.5 Å². The molecule has 0 saturated carbocycles. The second kappa shape index (κ2) is 10.8. The Bertz CT molecular complexity index is 1490. The van der Waals surface area contributed by atoms with Crippen LogP contribution in [0.4, 0.5) is 17.1 Å². The standard InChI is InChI=1S/C17H13N3O9S2.2Na/c18-11-7-9(30(24,25)26)5-8-6-13(31(27,28)29)15(16(21)14(8)11)20-19-12-4-2-1-3-10(12)17(22)23;;/h1-7,21H,18H2,(H,22,23)(H,24,25,26)(H,27,28,29);;/q;2*+1/p-2. The van der Waals surface area contributed by atoms with Crippen molar-refractivity contribution >= 4 is 54.0 Å². The number of rotatable bonds is 5. The maximum atomic E-state index is 11.7. The Morgan fingerprint density at radius 1 is 0.939 bits per heavy atom. The van der Waals surface area contributed by atoms with Crippen molar-refractivity contribution in [1.29, 1.82) is 0 Å². The molecule has 0 fully saturated rings. The summed E-state index contributed by atoms with van der Waals surface area (Å²) in [6, 6.07) is 7.45. The number of nitrogens with two attached hydrogens (primary N) is 1. The summed E-state index contributed by atoms with van der Waals surface area (Å²) in [6.45, 7) is 0. The fraction of sp³-hybridized carbons (Fsp3) is 0. The molecule has 0 aliphatic heterocycles. The first kappa shape index (κ1) is 29.4. The number of fused-ring (bicyclic) bond motifs is 1. The number of nitrogens with zero attached hydrogens (tertiary/aromatic N) is 2.